The van der Waals surface area contributed by atoms with Crippen LogP contribution < -0.4 is 10.0 Å². The van der Waals surface area contributed by atoms with Crippen LogP contribution >= 0.6 is 0 Å². The number of amides is 1. The van der Waals surface area contributed by atoms with Crippen molar-refractivity contribution in [2.45, 2.75) is 11.4 Å². The van der Waals surface area contributed by atoms with Crippen LogP contribution in [0.3, 0.4) is 0 Å². The summed E-state index contributed by atoms with van der Waals surface area (Å²) in [6.07, 6.45) is 0. The van der Waals surface area contributed by atoms with Crippen LogP contribution in [0.2, 0.25) is 0 Å². The van der Waals surface area contributed by atoms with Crippen LogP contribution in [0.25, 0.3) is 0 Å². The molecule has 0 spiro atoms. The van der Waals surface area contributed by atoms with Crippen LogP contribution in [0.4, 0.5) is 0 Å². The first-order valence-electron chi connectivity index (χ1n) is 7.87. The topological polar surface area (TPSA) is 125 Å². The van der Waals surface area contributed by atoms with Crippen LogP contribution in [0.1, 0.15) is 11.1 Å². The van der Waals surface area contributed by atoms with E-state index in [4.69, 9.17) is 10.00 Å². The second-order valence-electron chi connectivity index (χ2n) is 5.36. The van der Waals surface area contributed by atoms with E-state index in [9.17, 15) is 18.0 Å². The fourth-order valence-corrected chi connectivity index (χ4v) is 3.19. The van der Waals surface area contributed by atoms with E-state index in [1.807, 2.05) is 35.1 Å². The molecule has 2 rings (SSSR count). The zero-order valence-corrected chi connectivity index (χ0v) is 15.0. The molecule has 0 aliphatic carbocycles. The molecule has 8 nitrogen and oxygen atoms in total. The van der Waals surface area contributed by atoms with Gasteiger partial charge in [0.1, 0.15) is 12.6 Å². The Morgan fingerprint density at radius 1 is 1.04 bits per heavy atom. The fourth-order valence-electron chi connectivity index (χ4n) is 2.07. The maximum absolute atomic E-state index is 12.2. The van der Waals surface area contributed by atoms with Gasteiger partial charge in [-0.1, -0.05) is 42.5 Å². The summed E-state index contributed by atoms with van der Waals surface area (Å²) in [5.41, 5.74) is 0.847. The number of nitriles is 1. The molecule has 0 unspecified atom stereocenters. The third-order valence-electron chi connectivity index (χ3n) is 3.40. The zero-order chi connectivity index (χ0) is 19.7. The molecule has 1 amide bonds. The molecule has 0 aliphatic rings. The number of carbonyl (C=O) groups is 2. The molecule has 2 aromatic rings. The van der Waals surface area contributed by atoms with Crippen molar-refractivity contribution in [1.82, 2.24) is 10.0 Å². The Morgan fingerprint density at radius 3 is 2.41 bits per heavy atom. The van der Waals surface area contributed by atoms with Crippen molar-refractivity contribution in [1.29, 1.82) is 5.26 Å². The van der Waals surface area contributed by atoms with Gasteiger partial charge in [-0.15, -0.1) is 0 Å². The van der Waals surface area contributed by atoms with Gasteiger partial charge in [0.2, 0.25) is 10.0 Å². The van der Waals surface area contributed by atoms with Crippen LogP contribution in [0.15, 0.2) is 59.5 Å². The Balaban J connectivity index is 1.78. The summed E-state index contributed by atoms with van der Waals surface area (Å²) in [6, 6.07) is 16.5. The maximum Gasteiger partial charge on any atom is 0.321 e. The summed E-state index contributed by atoms with van der Waals surface area (Å²) in [5, 5.41) is 11.5. The van der Waals surface area contributed by atoms with Crippen LogP contribution in [-0.4, -0.2) is 33.4 Å². The number of sulfonamides is 1. The number of nitrogens with zero attached hydrogens (tertiary/aromatic N) is 1. The van der Waals surface area contributed by atoms with E-state index in [1.165, 1.54) is 24.3 Å². The Morgan fingerprint density at radius 2 is 1.70 bits per heavy atom. The molecule has 0 bridgehead atoms. The molecule has 2 aromatic carbocycles. The van der Waals surface area contributed by atoms with E-state index in [0.29, 0.717) is 0 Å². The Bertz CT molecular complexity index is 952. The molecule has 0 saturated carbocycles. The molecular weight excluding hydrogens is 370 g/mol. The van der Waals surface area contributed by atoms with Gasteiger partial charge in [-0.25, -0.2) is 8.42 Å². The predicted molar refractivity (Wildman–Crippen MR) is 95.6 cm³/mol. The molecule has 0 heterocycles. The van der Waals surface area contributed by atoms with Crippen LogP contribution in [0, 0.1) is 11.3 Å². The van der Waals surface area contributed by atoms with Gasteiger partial charge in [0, 0.05) is 6.54 Å². The number of hydrogen-bond donors (Lipinski definition) is 2. The Labute approximate surface area is 156 Å². The van der Waals surface area contributed by atoms with E-state index < -0.39 is 35.1 Å². The van der Waals surface area contributed by atoms with Crippen molar-refractivity contribution >= 4 is 21.9 Å². The monoisotopic (exact) mass is 387 g/mol. The van der Waals surface area contributed by atoms with Gasteiger partial charge in [-0.05, 0) is 17.7 Å². The SMILES string of the molecule is N#Cc1ccccc1S(=O)(=O)NCC(=O)OCC(=O)NCc1ccccc1. The molecule has 140 valence electrons. The number of esters is 1. The minimum absolute atomic E-state index is 0.0429. The summed E-state index contributed by atoms with van der Waals surface area (Å²) in [5.74, 6) is -1.42. The minimum atomic E-state index is -4.06. The lowest BCUT2D eigenvalue weighted by Gasteiger charge is -2.09. The maximum atomic E-state index is 12.2. The van der Waals surface area contributed by atoms with E-state index in [1.54, 1.807) is 6.07 Å². The lowest BCUT2D eigenvalue weighted by atomic mass is 10.2. The normalized spacial score (nSPS) is 10.6. The molecule has 0 aromatic heterocycles. The molecule has 0 saturated heterocycles. The fraction of sp³-hybridized carbons (Fsp3) is 0.167. The molecule has 2 N–H and O–H groups in total. The third kappa shape index (κ3) is 6.22. The lowest BCUT2D eigenvalue weighted by Crippen LogP contribution is -2.34. The molecular formula is C18H17N3O5S. The Hall–Kier alpha value is -3.22. The first-order chi connectivity index (χ1) is 12.9. The molecule has 27 heavy (non-hydrogen) atoms. The number of ether oxygens (including phenoxy) is 1. The van der Waals surface area contributed by atoms with E-state index in [2.05, 4.69) is 5.32 Å². The van der Waals surface area contributed by atoms with E-state index in [0.717, 1.165) is 5.56 Å². The number of hydrogen-bond acceptors (Lipinski definition) is 6. The minimum Gasteiger partial charge on any atom is -0.455 e. The second-order valence-corrected chi connectivity index (χ2v) is 7.09. The second kappa shape index (κ2) is 9.47. The predicted octanol–water partition coefficient (Wildman–Crippen LogP) is 0.696. The molecule has 0 radical (unpaired) electrons. The quantitative estimate of drug-likeness (QED) is 0.642. The first-order valence-corrected chi connectivity index (χ1v) is 9.36. The van der Waals surface area contributed by atoms with Crippen molar-refractivity contribution in [3.05, 3.63) is 65.7 Å². The van der Waals surface area contributed by atoms with Gasteiger partial charge in [-0.2, -0.15) is 9.98 Å². The standard InChI is InChI=1S/C18H17N3O5S/c19-10-15-8-4-5-9-16(15)27(24,25)21-12-18(23)26-13-17(22)20-11-14-6-2-1-3-7-14/h1-9,21H,11-13H2,(H,20,22). The average molecular weight is 387 g/mol. The van der Waals surface area contributed by atoms with Gasteiger partial charge >= 0.3 is 5.97 Å². The highest BCUT2D eigenvalue weighted by Gasteiger charge is 2.19. The van der Waals surface area contributed by atoms with Crippen LogP contribution in [0.5, 0.6) is 0 Å². The summed E-state index contributed by atoms with van der Waals surface area (Å²) >= 11 is 0. The average Bonchev–Trinajstić information content (AvgIpc) is 2.70. The number of nitrogens with one attached hydrogen (secondary N) is 2. The summed E-state index contributed by atoms with van der Waals surface area (Å²) in [7, 11) is -4.06. The molecule has 0 fully saturated rings. The highest BCUT2D eigenvalue weighted by atomic mass is 32.2. The number of benzene rings is 2. The highest BCUT2D eigenvalue weighted by molar-refractivity contribution is 7.89. The summed E-state index contributed by atoms with van der Waals surface area (Å²) in [4.78, 5) is 23.1. The molecule has 0 aliphatic heterocycles. The first kappa shape index (κ1) is 20.1. The van der Waals surface area contributed by atoms with Crippen molar-refractivity contribution in [3.8, 4) is 6.07 Å². The van der Waals surface area contributed by atoms with E-state index >= 15 is 0 Å². The molecule has 0 atom stereocenters. The van der Waals surface area contributed by atoms with Gasteiger partial charge < -0.3 is 10.1 Å². The lowest BCUT2D eigenvalue weighted by molar-refractivity contribution is -0.147. The summed E-state index contributed by atoms with van der Waals surface area (Å²) in [6.45, 7) is -0.898. The zero-order valence-electron chi connectivity index (χ0n) is 14.2. The van der Waals surface area contributed by atoms with Gasteiger partial charge in [-0.3, -0.25) is 9.59 Å². The van der Waals surface area contributed by atoms with E-state index in [-0.39, 0.29) is 17.0 Å². The highest BCUT2D eigenvalue weighted by Crippen LogP contribution is 2.13. The van der Waals surface area contributed by atoms with Crippen LogP contribution in [-0.2, 0) is 30.9 Å². The molecule has 9 heteroatoms. The van der Waals surface area contributed by atoms with Crippen molar-refractivity contribution in [2.24, 2.45) is 0 Å². The summed E-state index contributed by atoms with van der Waals surface area (Å²) < 4.78 is 31.1. The largest absolute Gasteiger partial charge is 0.455 e. The number of carbonyl (C=O) groups excluding carboxylic acids is 2. The number of rotatable bonds is 8. The van der Waals surface area contributed by atoms with Gasteiger partial charge in [0.15, 0.2) is 6.61 Å². The van der Waals surface area contributed by atoms with Crippen molar-refractivity contribution in [3.63, 3.8) is 0 Å². The Kier molecular flexibility index (Phi) is 7.05. The third-order valence-corrected chi connectivity index (χ3v) is 4.86. The van der Waals surface area contributed by atoms with Crippen molar-refractivity contribution in [2.75, 3.05) is 13.2 Å². The van der Waals surface area contributed by atoms with Crippen molar-refractivity contribution < 1.29 is 22.7 Å². The smallest absolute Gasteiger partial charge is 0.321 e. The van der Waals surface area contributed by atoms with Gasteiger partial charge in [0.05, 0.1) is 10.5 Å². The van der Waals surface area contributed by atoms with Gasteiger partial charge in [0.25, 0.3) is 5.91 Å².